The van der Waals surface area contributed by atoms with Gasteiger partial charge in [-0.3, -0.25) is 0 Å². The summed E-state index contributed by atoms with van der Waals surface area (Å²) in [5, 5.41) is 8.97. The molecule has 1 aliphatic rings. The van der Waals surface area contributed by atoms with Gasteiger partial charge in [0.15, 0.2) is 0 Å². The minimum absolute atomic E-state index is 0.406. The van der Waals surface area contributed by atoms with E-state index >= 15 is 0 Å². The third-order valence-corrected chi connectivity index (χ3v) is 2.35. The Morgan fingerprint density at radius 3 is 2.83 bits per heavy atom. The minimum atomic E-state index is -0.406. The number of allylic oxidation sites excluding steroid dienone is 1. The molecule has 0 aliphatic heterocycles. The Morgan fingerprint density at radius 2 is 2.08 bits per heavy atom. The van der Waals surface area contributed by atoms with Crippen LogP contribution >= 0.6 is 0 Å². The summed E-state index contributed by atoms with van der Waals surface area (Å²) in [6.07, 6.45) is 3.97. The van der Waals surface area contributed by atoms with Crippen LogP contribution in [0.2, 0.25) is 0 Å². The standard InChI is InChI=1S/C11H9N/c1-11(8-12)7-6-9-4-2-3-5-10(9)11/h2-7H,1H3. The van der Waals surface area contributed by atoms with E-state index in [2.05, 4.69) is 6.07 Å². The van der Waals surface area contributed by atoms with Gasteiger partial charge in [-0.15, -0.1) is 0 Å². The van der Waals surface area contributed by atoms with Gasteiger partial charge in [-0.05, 0) is 18.1 Å². The maximum atomic E-state index is 8.97. The molecule has 58 valence electrons. The van der Waals surface area contributed by atoms with Gasteiger partial charge in [-0.25, -0.2) is 0 Å². The molecule has 0 aromatic heterocycles. The number of benzene rings is 1. The molecule has 0 amide bonds. The van der Waals surface area contributed by atoms with Gasteiger partial charge in [-0.2, -0.15) is 5.26 Å². The van der Waals surface area contributed by atoms with E-state index in [4.69, 9.17) is 5.26 Å². The molecule has 1 atom stereocenters. The highest BCUT2D eigenvalue weighted by Crippen LogP contribution is 2.34. The van der Waals surface area contributed by atoms with Gasteiger partial charge in [0.1, 0.15) is 0 Å². The molecule has 1 aromatic rings. The summed E-state index contributed by atoms with van der Waals surface area (Å²) in [6, 6.07) is 10.3. The smallest absolute Gasteiger partial charge is 0.0983 e. The van der Waals surface area contributed by atoms with Gasteiger partial charge in [0.05, 0.1) is 11.5 Å². The Labute approximate surface area is 72.0 Å². The Balaban J connectivity index is 2.65. The Morgan fingerprint density at radius 1 is 1.33 bits per heavy atom. The summed E-state index contributed by atoms with van der Waals surface area (Å²) < 4.78 is 0. The van der Waals surface area contributed by atoms with Crippen molar-refractivity contribution < 1.29 is 0 Å². The Hall–Kier alpha value is -1.55. The second kappa shape index (κ2) is 2.22. The van der Waals surface area contributed by atoms with Gasteiger partial charge < -0.3 is 0 Å². The fourth-order valence-electron chi connectivity index (χ4n) is 1.56. The molecule has 1 unspecified atom stereocenters. The van der Waals surface area contributed by atoms with Crippen molar-refractivity contribution in [1.82, 2.24) is 0 Å². The summed E-state index contributed by atoms with van der Waals surface area (Å²) in [5.41, 5.74) is 1.88. The van der Waals surface area contributed by atoms with Gasteiger partial charge in [0, 0.05) is 0 Å². The van der Waals surface area contributed by atoms with E-state index in [0.29, 0.717) is 0 Å². The zero-order valence-electron chi connectivity index (χ0n) is 6.91. The zero-order valence-corrected chi connectivity index (χ0v) is 6.91. The van der Waals surface area contributed by atoms with Crippen LogP contribution < -0.4 is 0 Å². The van der Waals surface area contributed by atoms with Crippen LogP contribution in [-0.2, 0) is 5.41 Å². The average molecular weight is 155 g/mol. The quantitative estimate of drug-likeness (QED) is 0.564. The summed E-state index contributed by atoms with van der Waals surface area (Å²) in [7, 11) is 0. The van der Waals surface area contributed by atoms with Crippen molar-refractivity contribution in [1.29, 1.82) is 5.26 Å². The molecule has 1 aromatic carbocycles. The molecular formula is C11H9N. The number of nitrogens with zero attached hydrogens (tertiary/aromatic N) is 1. The fraction of sp³-hybridized carbons (Fsp3) is 0.182. The average Bonchev–Trinajstić information content (AvgIpc) is 2.46. The minimum Gasteiger partial charge on any atom is -0.197 e. The van der Waals surface area contributed by atoms with Crippen LogP contribution in [0.1, 0.15) is 18.1 Å². The van der Waals surface area contributed by atoms with E-state index in [1.807, 2.05) is 43.3 Å². The lowest BCUT2D eigenvalue weighted by Gasteiger charge is -2.13. The molecule has 0 bridgehead atoms. The van der Waals surface area contributed by atoms with E-state index < -0.39 is 5.41 Å². The molecular weight excluding hydrogens is 146 g/mol. The van der Waals surface area contributed by atoms with Gasteiger partial charge in [-0.1, -0.05) is 36.4 Å². The lowest BCUT2D eigenvalue weighted by molar-refractivity contribution is 0.791. The van der Waals surface area contributed by atoms with Gasteiger partial charge >= 0.3 is 0 Å². The first-order valence-electron chi connectivity index (χ1n) is 3.96. The normalized spacial score (nSPS) is 25.0. The second-order valence-electron chi connectivity index (χ2n) is 3.23. The Kier molecular flexibility index (Phi) is 1.31. The van der Waals surface area contributed by atoms with Crippen molar-refractivity contribution >= 4 is 6.08 Å². The van der Waals surface area contributed by atoms with Crippen LogP contribution in [0.4, 0.5) is 0 Å². The molecule has 1 nitrogen and oxygen atoms in total. The van der Waals surface area contributed by atoms with E-state index in [1.165, 1.54) is 5.56 Å². The molecule has 0 heterocycles. The van der Waals surface area contributed by atoms with Gasteiger partial charge in [0.25, 0.3) is 0 Å². The van der Waals surface area contributed by atoms with E-state index in [1.54, 1.807) is 0 Å². The van der Waals surface area contributed by atoms with Gasteiger partial charge in [0.2, 0.25) is 0 Å². The van der Waals surface area contributed by atoms with Crippen LogP contribution in [0.25, 0.3) is 6.08 Å². The summed E-state index contributed by atoms with van der Waals surface area (Å²) in [6.45, 7) is 1.94. The maximum absolute atomic E-state index is 8.97. The topological polar surface area (TPSA) is 23.8 Å². The maximum Gasteiger partial charge on any atom is 0.0983 e. The fourth-order valence-corrected chi connectivity index (χ4v) is 1.56. The first-order valence-corrected chi connectivity index (χ1v) is 3.96. The molecule has 0 N–H and O–H groups in total. The van der Waals surface area contributed by atoms with Crippen LogP contribution in [0.5, 0.6) is 0 Å². The largest absolute Gasteiger partial charge is 0.197 e. The molecule has 0 spiro atoms. The van der Waals surface area contributed by atoms with Crippen molar-refractivity contribution in [2.75, 3.05) is 0 Å². The lowest BCUT2D eigenvalue weighted by atomic mass is 9.87. The summed E-state index contributed by atoms with van der Waals surface area (Å²) >= 11 is 0. The Bertz CT molecular complexity index is 384. The predicted octanol–water partition coefficient (Wildman–Crippen LogP) is 2.49. The highest BCUT2D eigenvalue weighted by atomic mass is 14.4. The van der Waals surface area contributed by atoms with Crippen molar-refractivity contribution in [3.8, 4) is 6.07 Å². The predicted molar refractivity (Wildman–Crippen MR) is 48.4 cm³/mol. The number of fused-ring (bicyclic) bond motifs is 1. The van der Waals surface area contributed by atoms with Crippen molar-refractivity contribution in [3.63, 3.8) is 0 Å². The third-order valence-electron chi connectivity index (χ3n) is 2.35. The molecule has 0 saturated carbocycles. The first-order chi connectivity index (χ1) is 5.76. The van der Waals surface area contributed by atoms with Crippen molar-refractivity contribution in [2.45, 2.75) is 12.3 Å². The number of rotatable bonds is 0. The molecule has 2 rings (SSSR count). The van der Waals surface area contributed by atoms with E-state index in [9.17, 15) is 0 Å². The zero-order chi connectivity index (χ0) is 8.60. The highest BCUT2D eigenvalue weighted by Gasteiger charge is 2.28. The first kappa shape index (κ1) is 7.12. The molecule has 0 radical (unpaired) electrons. The molecule has 1 heteroatoms. The van der Waals surface area contributed by atoms with Crippen LogP contribution in [-0.4, -0.2) is 0 Å². The number of nitriles is 1. The monoisotopic (exact) mass is 155 g/mol. The molecule has 0 fully saturated rings. The van der Waals surface area contributed by atoms with Crippen LogP contribution in [0.3, 0.4) is 0 Å². The van der Waals surface area contributed by atoms with Crippen LogP contribution in [0, 0.1) is 11.3 Å². The number of hydrogen-bond donors (Lipinski definition) is 0. The lowest BCUT2D eigenvalue weighted by Crippen LogP contribution is -2.13. The molecule has 1 aliphatic carbocycles. The van der Waals surface area contributed by atoms with E-state index in [0.717, 1.165) is 5.56 Å². The SMILES string of the molecule is CC1(C#N)C=Cc2ccccc21. The number of hydrogen-bond acceptors (Lipinski definition) is 1. The highest BCUT2D eigenvalue weighted by molar-refractivity contribution is 5.67. The summed E-state index contributed by atoms with van der Waals surface area (Å²) in [4.78, 5) is 0. The summed E-state index contributed by atoms with van der Waals surface area (Å²) in [5.74, 6) is 0. The van der Waals surface area contributed by atoms with E-state index in [-0.39, 0.29) is 0 Å². The second-order valence-corrected chi connectivity index (χ2v) is 3.23. The molecule has 12 heavy (non-hydrogen) atoms. The van der Waals surface area contributed by atoms with Crippen LogP contribution in [0.15, 0.2) is 30.3 Å². The van der Waals surface area contributed by atoms with Crippen molar-refractivity contribution in [2.24, 2.45) is 0 Å². The van der Waals surface area contributed by atoms with Crippen molar-refractivity contribution in [3.05, 3.63) is 41.5 Å². The third kappa shape index (κ3) is 0.785. The molecule has 0 saturated heterocycles.